The predicted molar refractivity (Wildman–Crippen MR) is 121 cm³/mol. The van der Waals surface area contributed by atoms with Crippen LogP contribution in [0.3, 0.4) is 0 Å². The summed E-state index contributed by atoms with van der Waals surface area (Å²) in [6.45, 7) is 6.33. The number of carbonyl (C=O) groups excluding carboxylic acids is 1. The van der Waals surface area contributed by atoms with E-state index in [2.05, 4.69) is 10.4 Å². The number of nitrogens with zero attached hydrogens (tertiary/aromatic N) is 3. The molecule has 0 unspecified atom stereocenters. The Morgan fingerprint density at radius 2 is 1.61 bits per heavy atom. The van der Waals surface area contributed by atoms with Crippen LogP contribution in [0.1, 0.15) is 32.0 Å². The summed E-state index contributed by atoms with van der Waals surface area (Å²) >= 11 is 0. The Hall–Kier alpha value is -2.97. The number of amides is 1. The van der Waals surface area contributed by atoms with Gasteiger partial charge in [-0.25, -0.2) is 13.1 Å². The molecule has 1 N–H and O–H groups in total. The number of aromatic nitrogens is 2. The van der Waals surface area contributed by atoms with E-state index in [-0.39, 0.29) is 16.9 Å². The predicted octanol–water partition coefficient (Wildman–Crippen LogP) is 3.49. The van der Waals surface area contributed by atoms with Crippen molar-refractivity contribution in [2.75, 3.05) is 18.9 Å². The summed E-state index contributed by atoms with van der Waals surface area (Å²) < 4.78 is 28.2. The van der Waals surface area contributed by atoms with Gasteiger partial charge in [-0.1, -0.05) is 69.3 Å². The van der Waals surface area contributed by atoms with E-state index < -0.39 is 15.9 Å². The topological polar surface area (TPSA) is 84.3 Å². The Kier molecular flexibility index (Phi) is 6.62. The van der Waals surface area contributed by atoms with Crippen molar-refractivity contribution >= 4 is 21.7 Å². The van der Waals surface area contributed by atoms with Crippen LogP contribution in [0.25, 0.3) is 0 Å². The summed E-state index contributed by atoms with van der Waals surface area (Å²) in [5, 5.41) is 7.51. The summed E-state index contributed by atoms with van der Waals surface area (Å²) in [7, 11) is -2.36. The average molecular weight is 441 g/mol. The lowest BCUT2D eigenvalue weighted by atomic mass is 9.92. The van der Waals surface area contributed by atoms with Gasteiger partial charge in [0.05, 0.1) is 23.7 Å². The van der Waals surface area contributed by atoms with Crippen LogP contribution in [-0.2, 0) is 26.8 Å². The quantitative estimate of drug-likeness (QED) is 0.610. The second kappa shape index (κ2) is 9.03. The van der Waals surface area contributed by atoms with Gasteiger partial charge in [0.15, 0.2) is 0 Å². The van der Waals surface area contributed by atoms with Crippen molar-refractivity contribution < 1.29 is 13.2 Å². The number of rotatable bonds is 7. The Labute approximate surface area is 183 Å². The highest BCUT2D eigenvalue weighted by Crippen LogP contribution is 2.25. The lowest BCUT2D eigenvalue weighted by molar-refractivity contribution is -0.116. The van der Waals surface area contributed by atoms with E-state index in [0.29, 0.717) is 12.4 Å². The minimum Gasteiger partial charge on any atom is -0.310 e. The second-order valence-corrected chi connectivity index (χ2v) is 10.5. The molecule has 0 aliphatic heterocycles. The van der Waals surface area contributed by atoms with E-state index in [1.54, 1.807) is 22.9 Å². The Bertz CT molecular complexity index is 1130. The maximum atomic E-state index is 12.7. The molecule has 0 saturated heterocycles. The smallest absolute Gasteiger partial charge is 0.243 e. The van der Waals surface area contributed by atoms with E-state index in [1.165, 1.54) is 19.2 Å². The van der Waals surface area contributed by atoms with Gasteiger partial charge in [0, 0.05) is 18.5 Å². The minimum atomic E-state index is -3.75. The van der Waals surface area contributed by atoms with E-state index in [9.17, 15) is 13.2 Å². The van der Waals surface area contributed by atoms with E-state index >= 15 is 0 Å². The molecule has 0 spiro atoms. The number of likely N-dealkylation sites (N-methyl/N-ethyl adjacent to an activating group) is 1. The Morgan fingerprint density at radius 3 is 2.19 bits per heavy atom. The largest absolute Gasteiger partial charge is 0.310 e. The van der Waals surface area contributed by atoms with Crippen LogP contribution in [0.4, 0.5) is 5.82 Å². The van der Waals surface area contributed by atoms with Crippen molar-refractivity contribution in [2.24, 2.45) is 0 Å². The lowest BCUT2D eigenvalue weighted by Gasteiger charge is -2.17. The molecule has 0 radical (unpaired) electrons. The molecule has 0 fully saturated rings. The highest BCUT2D eigenvalue weighted by atomic mass is 32.2. The van der Waals surface area contributed by atoms with Crippen LogP contribution in [0, 0.1) is 0 Å². The van der Waals surface area contributed by atoms with Crippen molar-refractivity contribution in [2.45, 2.75) is 37.6 Å². The molecule has 1 aromatic heterocycles. The molecule has 3 aromatic rings. The second-order valence-electron chi connectivity index (χ2n) is 8.43. The lowest BCUT2D eigenvalue weighted by Crippen LogP contribution is -2.35. The van der Waals surface area contributed by atoms with Crippen LogP contribution < -0.4 is 5.32 Å². The first-order chi connectivity index (χ1) is 14.6. The minimum absolute atomic E-state index is 0.148. The SMILES string of the molecule is CN(CC(=O)Nc1cc(C(C)(C)C)nn1Cc1ccccc1)S(=O)(=O)c1ccccc1. The van der Waals surface area contributed by atoms with Gasteiger partial charge in [-0.3, -0.25) is 4.79 Å². The monoisotopic (exact) mass is 440 g/mol. The van der Waals surface area contributed by atoms with Gasteiger partial charge in [-0.05, 0) is 17.7 Å². The summed E-state index contributed by atoms with van der Waals surface area (Å²) in [6.07, 6.45) is 0. The third kappa shape index (κ3) is 5.59. The standard InChI is InChI=1S/C23H28N4O3S/c1-23(2,3)20-15-21(27(25-20)16-18-11-7-5-8-12-18)24-22(28)17-26(4)31(29,30)19-13-9-6-10-14-19/h5-15H,16-17H2,1-4H3,(H,24,28). The molecule has 2 aromatic carbocycles. The summed E-state index contributed by atoms with van der Waals surface area (Å²) in [4.78, 5) is 12.9. The van der Waals surface area contributed by atoms with Crippen LogP contribution >= 0.6 is 0 Å². The van der Waals surface area contributed by atoms with Crippen molar-refractivity contribution in [3.63, 3.8) is 0 Å². The van der Waals surface area contributed by atoms with Gasteiger partial charge >= 0.3 is 0 Å². The number of carbonyl (C=O) groups is 1. The third-order valence-electron chi connectivity index (χ3n) is 4.81. The molecule has 0 aliphatic rings. The fourth-order valence-corrected chi connectivity index (χ4v) is 4.15. The van der Waals surface area contributed by atoms with Gasteiger partial charge < -0.3 is 5.32 Å². The number of hydrogen-bond acceptors (Lipinski definition) is 4. The van der Waals surface area contributed by atoms with Crippen LogP contribution in [-0.4, -0.2) is 42.0 Å². The molecule has 164 valence electrons. The van der Waals surface area contributed by atoms with Crippen LogP contribution in [0.2, 0.25) is 0 Å². The first-order valence-corrected chi connectivity index (χ1v) is 11.4. The zero-order valence-corrected chi connectivity index (χ0v) is 19.1. The van der Waals surface area contributed by atoms with Gasteiger partial charge in [0.25, 0.3) is 0 Å². The first kappa shape index (κ1) is 22.7. The van der Waals surface area contributed by atoms with Crippen molar-refractivity contribution in [1.29, 1.82) is 0 Å². The molecule has 8 heteroatoms. The van der Waals surface area contributed by atoms with Crippen LogP contribution in [0.5, 0.6) is 0 Å². The number of sulfonamides is 1. The van der Waals surface area contributed by atoms with Crippen molar-refractivity contribution in [1.82, 2.24) is 14.1 Å². The maximum Gasteiger partial charge on any atom is 0.243 e. The molecule has 3 rings (SSSR count). The molecule has 1 heterocycles. The highest BCUT2D eigenvalue weighted by Gasteiger charge is 2.24. The molecule has 0 aliphatic carbocycles. The molecule has 0 bridgehead atoms. The molecule has 0 saturated carbocycles. The van der Waals surface area contributed by atoms with Gasteiger partial charge in [0.1, 0.15) is 5.82 Å². The molecular weight excluding hydrogens is 412 g/mol. The van der Waals surface area contributed by atoms with Gasteiger partial charge in [-0.2, -0.15) is 9.40 Å². The van der Waals surface area contributed by atoms with E-state index in [0.717, 1.165) is 15.6 Å². The fraction of sp³-hybridized carbons (Fsp3) is 0.304. The zero-order valence-electron chi connectivity index (χ0n) is 18.2. The molecular formula is C23H28N4O3S. The number of nitrogens with one attached hydrogen (secondary N) is 1. The Balaban J connectivity index is 1.79. The summed E-state index contributed by atoms with van der Waals surface area (Å²) in [5.74, 6) is 0.0981. The Morgan fingerprint density at radius 1 is 1.03 bits per heavy atom. The van der Waals surface area contributed by atoms with Gasteiger partial charge in [-0.15, -0.1) is 0 Å². The molecule has 31 heavy (non-hydrogen) atoms. The number of benzene rings is 2. The molecule has 0 atom stereocenters. The normalized spacial score (nSPS) is 12.2. The van der Waals surface area contributed by atoms with Crippen LogP contribution in [0.15, 0.2) is 71.6 Å². The van der Waals surface area contributed by atoms with E-state index in [4.69, 9.17) is 0 Å². The number of hydrogen-bond donors (Lipinski definition) is 1. The van der Waals surface area contributed by atoms with Crippen molar-refractivity contribution in [3.8, 4) is 0 Å². The van der Waals surface area contributed by atoms with Crippen molar-refractivity contribution in [3.05, 3.63) is 78.0 Å². The summed E-state index contributed by atoms with van der Waals surface area (Å²) in [6, 6.07) is 19.7. The highest BCUT2D eigenvalue weighted by molar-refractivity contribution is 7.89. The number of anilines is 1. The third-order valence-corrected chi connectivity index (χ3v) is 6.63. The average Bonchev–Trinajstić information content (AvgIpc) is 3.12. The maximum absolute atomic E-state index is 12.7. The summed E-state index contributed by atoms with van der Waals surface area (Å²) in [5.41, 5.74) is 1.68. The molecule has 7 nitrogen and oxygen atoms in total. The molecule has 1 amide bonds. The zero-order chi connectivity index (χ0) is 22.6. The van der Waals surface area contributed by atoms with E-state index in [1.807, 2.05) is 57.2 Å². The first-order valence-electron chi connectivity index (χ1n) is 10.0. The van der Waals surface area contributed by atoms with Gasteiger partial charge in [0.2, 0.25) is 15.9 Å². The fourth-order valence-electron chi connectivity index (χ4n) is 3.00.